The zero-order valence-corrected chi connectivity index (χ0v) is 43.0. The monoisotopic (exact) mass is 1000 g/mol. The van der Waals surface area contributed by atoms with Gasteiger partial charge in [-0.25, -0.2) is 14.5 Å². The maximum atomic E-state index is 15.0. The summed E-state index contributed by atoms with van der Waals surface area (Å²) in [5.41, 5.74) is 5.08. The summed E-state index contributed by atoms with van der Waals surface area (Å²) in [5, 5.41) is 24.6. The molecule has 4 atom stereocenters. The van der Waals surface area contributed by atoms with Crippen LogP contribution in [0.15, 0.2) is 77.0 Å². The number of carbonyl (C=O) groups excluding carboxylic acids is 5. The van der Waals surface area contributed by atoms with Crippen molar-refractivity contribution in [1.29, 1.82) is 0 Å². The van der Waals surface area contributed by atoms with Crippen molar-refractivity contribution in [2.24, 2.45) is 5.41 Å². The number of aliphatic hydroxyl groups excluding tert-OH is 1. The number of carbonyl (C=O) groups is 5. The number of aliphatic hydroxyl groups is 1. The molecular formula is C55H69FN8O7S. The summed E-state index contributed by atoms with van der Waals surface area (Å²) in [6.45, 7) is 10.9. The van der Waals surface area contributed by atoms with Crippen molar-refractivity contribution in [3.63, 3.8) is 0 Å². The molecule has 2 saturated heterocycles. The highest BCUT2D eigenvalue weighted by Crippen LogP contribution is 2.30. The number of amides is 5. The molecule has 0 unspecified atom stereocenters. The number of aromatic nitrogens is 3. The third-order valence-electron chi connectivity index (χ3n) is 13.9. The van der Waals surface area contributed by atoms with Gasteiger partial charge in [0.1, 0.15) is 17.9 Å². The van der Waals surface area contributed by atoms with Crippen LogP contribution in [0, 0.1) is 18.2 Å². The Labute approximate surface area is 425 Å². The number of rotatable bonds is 20. The summed E-state index contributed by atoms with van der Waals surface area (Å²) < 4.78 is 15.0. The van der Waals surface area contributed by atoms with Crippen LogP contribution in [-0.2, 0) is 25.6 Å². The van der Waals surface area contributed by atoms with E-state index in [0.717, 1.165) is 66.6 Å². The lowest BCUT2D eigenvalue weighted by Crippen LogP contribution is -2.57. The van der Waals surface area contributed by atoms with E-state index >= 15 is 0 Å². The molecule has 4 N–H and O–H groups in total. The molecule has 5 amide bonds. The Morgan fingerprint density at radius 3 is 2.14 bits per heavy atom. The molecule has 0 radical (unpaired) electrons. The van der Waals surface area contributed by atoms with E-state index in [1.54, 1.807) is 45.4 Å². The number of likely N-dealkylation sites (tertiary alicyclic amines) is 1. The number of halogens is 1. The quantitative estimate of drug-likeness (QED) is 0.0567. The third-order valence-corrected chi connectivity index (χ3v) is 14.9. The molecule has 15 nitrogen and oxygen atoms in total. The third kappa shape index (κ3) is 13.6. The number of unbranched alkanes of at least 4 members (excludes halogenated alkanes) is 7. The Kier molecular flexibility index (Phi) is 18.1. The maximum absolute atomic E-state index is 15.0. The van der Waals surface area contributed by atoms with Gasteiger partial charge in [0, 0.05) is 63.8 Å². The van der Waals surface area contributed by atoms with Crippen LogP contribution in [-0.4, -0.2) is 115 Å². The van der Waals surface area contributed by atoms with Crippen LogP contribution in [0.25, 0.3) is 21.2 Å². The molecule has 17 heteroatoms. The number of benzene rings is 3. The van der Waals surface area contributed by atoms with Crippen molar-refractivity contribution in [3.05, 3.63) is 116 Å². The largest absolute Gasteiger partial charge is 0.391 e. The first-order valence-electron chi connectivity index (χ1n) is 25.4. The van der Waals surface area contributed by atoms with Crippen LogP contribution in [0.3, 0.4) is 0 Å². The summed E-state index contributed by atoms with van der Waals surface area (Å²) in [4.78, 5) is 89.9. The summed E-state index contributed by atoms with van der Waals surface area (Å²) in [6.07, 6.45) is 7.49. The minimum atomic E-state index is -0.881. The molecule has 3 aromatic carbocycles. The first kappa shape index (κ1) is 53.5. The molecule has 2 aliphatic rings. The van der Waals surface area contributed by atoms with Crippen LogP contribution < -0.4 is 16.2 Å². The fourth-order valence-electron chi connectivity index (χ4n) is 9.70. The minimum Gasteiger partial charge on any atom is -0.391 e. The van der Waals surface area contributed by atoms with Crippen molar-refractivity contribution in [2.45, 2.75) is 136 Å². The number of hydrogen-bond donors (Lipinski definition) is 4. The number of piperazine rings is 1. The van der Waals surface area contributed by atoms with Gasteiger partial charge in [-0.05, 0) is 67.0 Å². The van der Waals surface area contributed by atoms with E-state index in [1.807, 2.05) is 76.5 Å². The van der Waals surface area contributed by atoms with E-state index in [0.29, 0.717) is 67.5 Å². The van der Waals surface area contributed by atoms with Gasteiger partial charge in [-0.3, -0.25) is 28.8 Å². The van der Waals surface area contributed by atoms with Crippen LogP contribution in [0.1, 0.15) is 137 Å². The van der Waals surface area contributed by atoms with Gasteiger partial charge in [0.2, 0.25) is 23.6 Å². The number of nitrogens with zero attached hydrogens (tertiary/aromatic N) is 5. The molecule has 0 aliphatic carbocycles. The van der Waals surface area contributed by atoms with Crippen LogP contribution in [0.2, 0.25) is 0 Å². The number of β-amino-alcohol motifs (C(OH)–C–C–N with tert-alkyl or cyclic N) is 1. The smallest absolute Gasteiger partial charge is 0.272 e. The number of hydrogen-bond acceptors (Lipinski definition) is 10. The molecule has 2 aromatic heterocycles. The Balaban J connectivity index is 0.761. The van der Waals surface area contributed by atoms with Gasteiger partial charge in [0.15, 0.2) is 0 Å². The Morgan fingerprint density at radius 2 is 1.49 bits per heavy atom. The van der Waals surface area contributed by atoms with Gasteiger partial charge < -0.3 is 30.4 Å². The average Bonchev–Trinajstić information content (AvgIpc) is 3.99. The number of thiazole rings is 1. The normalized spacial score (nSPS) is 17.0. The fourth-order valence-corrected chi connectivity index (χ4v) is 10.5. The number of nitrogens with one attached hydrogen (secondary N) is 3. The molecule has 5 aromatic rings. The van der Waals surface area contributed by atoms with Crippen LogP contribution in [0.4, 0.5) is 4.39 Å². The second kappa shape index (κ2) is 24.4. The lowest BCUT2D eigenvalue weighted by molar-refractivity contribution is -0.144. The van der Waals surface area contributed by atoms with Gasteiger partial charge in [0.25, 0.3) is 11.5 Å². The topological polar surface area (TPSA) is 198 Å². The molecule has 72 heavy (non-hydrogen) atoms. The van der Waals surface area contributed by atoms with E-state index in [1.165, 1.54) is 11.0 Å². The molecule has 2 aliphatic heterocycles. The molecule has 0 saturated carbocycles. The Hall–Kier alpha value is -6.33. The number of aryl methyl sites for hydroxylation is 1. The molecule has 4 heterocycles. The minimum absolute atomic E-state index is 0.00959. The lowest BCUT2D eigenvalue weighted by atomic mass is 9.85. The predicted octanol–water partition coefficient (Wildman–Crippen LogP) is 7.64. The summed E-state index contributed by atoms with van der Waals surface area (Å²) in [5.74, 6) is -1.94. The van der Waals surface area contributed by atoms with E-state index in [9.17, 15) is 38.3 Å². The van der Waals surface area contributed by atoms with Crippen molar-refractivity contribution in [1.82, 2.24) is 40.5 Å². The van der Waals surface area contributed by atoms with Gasteiger partial charge in [0.05, 0.1) is 44.9 Å². The second-order valence-corrected chi connectivity index (χ2v) is 21.3. The predicted molar refractivity (Wildman–Crippen MR) is 277 cm³/mol. The van der Waals surface area contributed by atoms with E-state index in [-0.39, 0.29) is 60.2 Å². The molecular weight excluding hydrogens is 936 g/mol. The van der Waals surface area contributed by atoms with Crippen LogP contribution >= 0.6 is 11.3 Å². The summed E-state index contributed by atoms with van der Waals surface area (Å²) in [7, 11) is 0. The molecule has 384 valence electrons. The number of fused-ring (bicyclic) bond motifs is 1. The van der Waals surface area contributed by atoms with Crippen molar-refractivity contribution < 1.29 is 33.5 Å². The van der Waals surface area contributed by atoms with Crippen LogP contribution in [0.5, 0.6) is 0 Å². The summed E-state index contributed by atoms with van der Waals surface area (Å²) in [6, 6.07) is 17.4. The molecule has 7 rings (SSSR count). The number of H-pyrrole nitrogens is 1. The zero-order valence-electron chi connectivity index (χ0n) is 42.2. The van der Waals surface area contributed by atoms with Gasteiger partial charge in [-0.2, -0.15) is 5.10 Å². The Bertz CT molecular complexity index is 2760. The highest BCUT2D eigenvalue weighted by molar-refractivity contribution is 7.13. The van der Waals surface area contributed by atoms with E-state index in [2.05, 4.69) is 25.8 Å². The highest BCUT2D eigenvalue weighted by atomic mass is 32.1. The van der Waals surface area contributed by atoms with Gasteiger partial charge in [-0.1, -0.05) is 108 Å². The molecule has 0 bridgehead atoms. The van der Waals surface area contributed by atoms with E-state index in [4.69, 9.17) is 0 Å². The first-order valence-corrected chi connectivity index (χ1v) is 26.3. The Morgan fingerprint density at radius 1 is 0.847 bits per heavy atom. The molecule has 2 fully saturated rings. The number of aromatic amines is 1. The van der Waals surface area contributed by atoms with Gasteiger partial charge in [-0.15, -0.1) is 11.3 Å². The van der Waals surface area contributed by atoms with Crippen molar-refractivity contribution in [3.8, 4) is 10.4 Å². The lowest BCUT2D eigenvalue weighted by Gasteiger charge is -2.35. The SMILES string of the molecule is Cc1ncsc1-c1ccc([C@H](C)NC(=O)[C@@H]2C[C@@H](O)CN2C(=O)[C@@H](NC(=O)CCCCCCCCCCC(=O)N2CCN(C(=O)c3cc(Cc4n[nH]c(=O)c5ccccc45)ccc3F)CC2)C(C)(C)C)cc1. The average molecular weight is 1010 g/mol. The standard InChI is InChI=1S/C55H69FN8O7S/c1-35(38-21-23-39(24-22-38)49-36(2)57-34-72-49)58-52(69)46-32-40(65)33-64(46)54(71)50(55(3,4)5)59-47(66)18-12-10-8-6-7-9-11-13-19-48(67)62-26-28-63(29-27-62)53(70)43-30-37(20-25-44(43)56)31-45-41-16-14-15-17-42(41)51(68)61-60-45/h14-17,20-25,30,34-35,40,46,50,65H,6-13,18-19,26-29,31-33H2,1-5H3,(H,58,69)(H,59,66)(H,61,68)/t35-,40+,46-,50+/m0/s1. The zero-order chi connectivity index (χ0) is 51.5. The van der Waals surface area contributed by atoms with Gasteiger partial charge >= 0.3 is 0 Å². The van der Waals surface area contributed by atoms with Crippen molar-refractivity contribution >= 4 is 51.6 Å². The molecule has 0 spiro atoms. The fraction of sp³-hybridized carbons (Fsp3) is 0.491. The highest BCUT2D eigenvalue weighted by Gasteiger charge is 2.44. The maximum Gasteiger partial charge on any atom is 0.272 e. The first-order chi connectivity index (χ1) is 34.5. The second-order valence-electron chi connectivity index (χ2n) is 20.4. The van der Waals surface area contributed by atoms with E-state index < -0.39 is 35.3 Å². The van der Waals surface area contributed by atoms with Crippen molar-refractivity contribution in [2.75, 3.05) is 32.7 Å². The summed E-state index contributed by atoms with van der Waals surface area (Å²) >= 11 is 1.58.